The van der Waals surface area contributed by atoms with Crippen LogP contribution in [0.4, 0.5) is 0 Å². The molecule has 2 nitrogen and oxygen atoms in total. The molecule has 0 aliphatic carbocycles. The highest BCUT2D eigenvalue weighted by Crippen LogP contribution is 2.08. The summed E-state index contributed by atoms with van der Waals surface area (Å²) in [6.45, 7) is 4.12. The molecule has 1 aromatic rings. The molecular formula is C16H24O2. The van der Waals surface area contributed by atoms with Crippen LogP contribution in [0.3, 0.4) is 0 Å². The Morgan fingerprint density at radius 1 is 1.17 bits per heavy atom. The molecule has 0 fully saturated rings. The average Bonchev–Trinajstić information content (AvgIpc) is 2.35. The molecule has 0 saturated carbocycles. The number of carbonyl (C=O) groups is 1. The largest absolute Gasteiger partial charge is 0.462 e. The van der Waals surface area contributed by atoms with E-state index in [0.717, 1.165) is 19.3 Å². The van der Waals surface area contributed by atoms with Gasteiger partial charge in [-0.25, -0.2) is 0 Å². The molecule has 0 aromatic heterocycles. The first-order valence-corrected chi connectivity index (χ1v) is 6.95. The van der Waals surface area contributed by atoms with E-state index < -0.39 is 0 Å². The van der Waals surface area contributed by atoms with E-state index in [1.165, 1.54) is 18.4 Å². The van der Waals surface area contributed by atoms with E-state index >= 15 is 0 Å². The third-order valence-corrected chi connectivity index (χ3v) is 2.93. The topological polar surface area (TPSA) is 26.3 Å². The third-order valence-electron chi connectivity index (χ3n) is 2.93. The lowest BCUT2D eigenvalue weighted by molar-refractivity contribution is -0.148. The molecule has 1 atom stereocenters. The predicted molar refractivity (Wildman–Crippen MR) is 74.5 cm³/mol. The van der Waals surface area contributed by atoms with Crippen molar-refractivity contribution >= 4 is 5.97 Å². The van der Waals surface area contributed by atoms with Gasteiger partial charge in [0, 0.05) is 12.8 Å². The van der Waals surface area contributed by atoms with Gasteiger partial charge in [0.05, 0.1) is 0 Å². The Balaban J connectivity index is 2.19. The van der Waals surface area contributed by atoms with Crippen LogP contribution in [0.2, 0.25) is 0 Å². The Bertz CT molecular complexity index is 332. The van der Waals surface area contributed by atoms with Gasteiger partial charge in [-0.05, 0) is 18.9 Å². The maximum atomic E-state index is 11.6. The molecule has 1 aromatic carbocycles. The number of carbonyl (C=O) groups excluding carboxylic acids is 1. The lowest BCUT2D eigenvalue weighted by Crippen LogP contribution is -2.17. The first-order valence-electron chi connectivity index (χ1n) is 6.95. The first kappa shape index (κ1) is 14.7. The van der Waals surface area contributed by atoms with Gasteiger partial charge in [-0.2, -0.15) is 0 Å². The standard InChI is InChI=1S/C16H24O2/c1-3-4-5-9-12-16(17)18-14(2)13-15-10-7-6-8-11-15/h6-8,10-11,14H,3-5,9,12-13H2,1-2H3/t14-/m0/s1. The van der Waals surface area contributed by atoms with Gasteiger partial charge in [-0.15, -0.1) is 0 Å². The smallest absolute Gasteiger partial charge is 0.306 e. The normalized spacial score (nSPS) is 12.1. The van der Waals surface area contributed by atoms with Crippen LogP contribution >= 0.6 is 0 Å². The van der Waals surface area contributed by atoms with Crippen LogP contribution < -0.4 is 0 Å². The number of unbranched alkanes of at least 4 members (excludes halogenated alkanes) is 3. The molecule has 0 amide bonds. The summed E-state index contributed by atoms with van der Waals surface area (Å²) in [5.41, 5.74) is 1.21. The van der Waals surface area contributed by atoms with Gasteiger partial charge < -0.3 is 4.74 Å². The number of ether oxygens (including phenoxy) is 1. The molecule has 0 N–H and O–H groups in total. The Hall–Kier alpha value is -1.31. The van der Waals surface area contributed by atoms with Gasteiger partial charge in [0.1, 0.15) is 6.10 Å². The van der Waals surface area contributed by atoms with Crippen LogP contribution in [0, 0.1) is 0 Å². The van der Waals surface area contributed by atoms with E-state index in [2.05, 4.69) is 19.1 Å². The summed E-state index contributed by atoms with van der Waals surface area (Å²) < 4.78 is 5.40. The molecule has 2 heteroatoms. The lowest BCUT2D eigenvalue weighted by atomic mass is 10.1. The van der Waals surface area contributed by atoms with Crippen molar-refractivity contribution in [3.63, 3.8) is 0 Å². The summed E-state index contributed by atoms with van der Waals surface area (Å²) in [6, 6.07) is 10.1. The summed E-state index contributed by atoms with van der Waals surface area (Å²) in [6.07, 6.45) is 5.78. The minimum atomic E-state index is -0.0606. The zero-order chi connectivity index (χ0) is 13.2. The summed E-state index contributed by atoms with van der Waals surface area (Å²) in [7, 11) is 0. The first-order chi connectivity index (χ1) is 8.72. The zero-order valence-electron chi connectivity index (χ0n) is 11.5. The number of hydrogen-bond donors (Lipinski definition) is 0. The monoisotopic (exact) mass is 248 g/mol. The molecule has 0 aliphatic heterocycles. The second-order valence-corrected chi connectivity index (χ2v) is 4.80. The maximum absolute atomic E-state index is 11.6. The molecule has 0 saturated heterocycles. The lowest BCUT2D eigenvalue weighted by Gasteiger charge is -2.13. The summed E-state index contributed by atoms with van der Waals surface area (Å²) in [5.74, 6) is -0.0606. The van der Waals surface area contributed by atoms with Crippen molar-refractivity contribution in [2.45, 2.75) is 58.5 Å². The minimum Gasteiger partial charge on any atom is -0.462 e. The SMILES string of the molecule is CCCCCCC(=O)O[C@@H](C)Cc1ccccc1. The highest BCUT2D eigenvalue weighted by molar-refractivity contribution is 5.69. The molecule has 0 spiro atoms. The van der Waals surface area contributed by atoms with E-state index in [1.807, 2.05) is 25.1 Å². The Labute approximate surface area is 110 Å². The Morgan fingerprint density at radius 3 is 2.56 bits per heavy atom. The van der Waals surface area contributed by atoms with Crippen molar-refractivity contribution in [1.82, 2.24) is 0 Å². The fourth-order valence-corrected chi connectivity index (χ4v) is 1.97. The Morgan fingerprint density at radius 2 is 1.89 bits per heavy atom. The van der Waals surface area contributed by atoms with Crippen molar-refractivity contribution in [2.75, 3.05) is 0 Å². The van der Waals surface area contributed by atoms with Crippen molar-refractivity contribution in [3.05, 3.63) is 35.9 Å². The highest BCUT2D eigenvalue weighted by atomic mass is 16.5. The molecule has 0 unspecified atom stereocenters. The summed E-state index contributed by atoms with van der Waals surface area (Å²) >= 11 is 0. The summed E-state index contributed by atoms with van der Waals surface area (Å²) in [4.78, 5) is 11.6. The molecule has 0 aliphatic rings. The quantitative estimate of drug-likeness (QED) is 0.510. The van der Waals surface area contributed by atoms with Gasteiger partial charge in [0.2, 0.25) is 0 Å². The molecule has 0 bridgehead atoms. The van der Waals surface area contributed by atoms with Crippen molar-refractivity contribution in [1.29, 1.82) is 0 Å². The fourth-order valence-electron chi connectivity index (χ4n) is 1.97. The van der Waals surface area contributed by atoms with E-state index in [-0.39, 0.29) is 12.1 Å². The van der Waals surface area contributed by atoms with E-state index in [4.69, 9.17) is 4.74 Å². The second kappa shape index (κ2) is 8.73. The van der Waals surface area contributed by atoms with Gasteiger partial charge in [0.25, 0.3) is 0 Å². The number of rotatable bonds is 8. The van der Waals surface area contributed by atoms with Crippen LogP contribution in [-0.4, -0.2) is 12.1 Å². The molecule has 0 radical (unpaired) electrons. The minimum absolute atomic E-state index is 0.0360. The Kier molecular flexibility index (Phi) is 7.16. The van der Waals surface area contributed by atoms with Crippen molar-refractivity contribution < 1.29 is 9.53 Å². The summed E-state index contributed by atoms with van der Waals surface area (Å²) in [5, 5.41) is 0. The van der Waals surface area contributed by atoms with Gasteiger partial charge in [-0.3, -0.25) is 4.79 Å². The highest BCUT2D eigenvalue weighted by Gasteiger charge is 2.09. The van der Waals surface area contributed by atoms with Crippen LogP contribution in [0.15, 0.2) is 30.3 Å². The number of hydrogen-bond acceptors (Lipinski definition) is 2. The van der Waals surface area contributed by atoms with Crippen LogP contribution in [0.25, 0.3) is 0 Å². The molecule has 18 heavy (non-hydrogen) atoms. The number of esters is 1. The van der Waals surface area contributed by atoms with Crippen molar-refractivity contribution in [3.8, 4) is 0 Å². The van der Waals surface area contributed by atoms with Gasteiger partial charge in [0.15, 0.2) is 0 Å². The van der Waals surface area contributed by atoms with Gasteiger partial charge in [-0.1, -0.05) is 56.5 Å². The zero-order valence-corrected chi connectivity index (χ0v) is 11.5. The maximum Gasteiger partial charge on any atom is 0.306 e. The molecule has 100 valence electrons. The van der Waals surface area contributed by atoms with Crippen LogP contribution in [0.5, 0.6) is 0 Å². The van der Waals surface area contributed by atoms with Gasteiger partial charge >= 0.3 is 5.97 Å². The van der Waals surface area contributed by atoms with Crippen LogP contribution in [0.1, 0.15) is 51.5 Å². The molecule has 1 rings (SSSR count). The second-order valence-electron chi connectivity index (χ2n) is 4.80. The molecular weight excluding hydrogens is 224 g/mol. The molecule has 0 heterocycles. The fraction of sp³-hybridized carbons (Fsp3) is 0.562. The average molecular weight is 248 g/mol. The van der Waals surface area contributed by atoms with Crippen molar-refractivity contribution in [2.24, 2.45) is 0 Å². The van der Waals surface area contributed by atoms with E-state index in [1.54, 1.807) is 0 Å². The van der Waals surface area contributed by atoms with Crippen LogP contribution in [-0.2, 0) is 16.0 Å². The van der Waals surface area contributed by atoms with E-state index in [0.29, 0.717) is 6.42 Å². The predicted octanol–water partition coefficient (Wildman–Crippen LogP) is 4.13. The number of benzene rings is 1. The third kappa shape index (κ3) is 6.43. The van der Waals surface area contributed by atoms with E-state index in [9.17, 15) is 4.79 Å².